The number of rotatable bonds is 0. The van der Waals surface area contributed by atoms with E-state index >= 15 is 0 Å². The monoisotopic (exact) mass is 268 g/mol. The molecule has 0 aromatic carbocycles. The van der Waals surface area contributed by atoms with Gasteiger partial charge in [-0.25, -0.2) is 0 Å². The fourth-order valence-electron chi connectivity index (χ4n) is 5.46. The topological polar surface area (TPSA) is 6.48 Å². The molecule has 5 rings (SSSR count). The molecule has 2 atom stereocenters. The van der Waals surface area contributed by atoms with Gasteiger partial charge in [-0.3, -0.25) is 0 Å². The highest BCUT2D eigenvalue weighted by atomic mass is 15.2. The van der Waals surface area contributed by atoms with Crippen LogP contribution < -0.4 is 0 Å². The number of allylic oxidation sites excluding steroid dienone is 5. The SMILES string of the molecule is C1=CC2=C3C(CCCN3C1)C1CCCN3CCCC2=C13. The molecule has 0 saturated carbocycles. The van der Waals surface area contributed by atoms with Crippen LogP contribution in [0.4, 0.5) is 0 Å². The maximum atomic E-state index is 2.75. The van der Waals surface area contributed by atoms with Crippen molar-refractivity contribution < 1.29 is 0 Å². The van der Waals surface area contributed by atoms with Crippen molar-refractivity contribution in [2.24, 2.45) is 11.8 Å². The molecule has 0 aromatic rings. The van der Waals surface area contributed by atoms with E-state index in [2.05, 4.69) is 22.0 Å². The van der Waals surface area contributed by atoms with Crippen LogP contribution in [0.5, 0.6) is 0 Å². The Bertz CT molecular complexity index is 540. The number of piperidine rings is 2. The molecule has 4 aliphatic heterocycles. The predicted octanol–water partition coefficient (Wildman–Crippen LogP) is 3.30. The van der Waals surface area contributed by atoms with Crippen molar-refractivity contribution in [2.75, 3.05) is 26.2 Å². The molecule has 2 unspecified atom stereocenters. The molecule has 0 radical (unpaired) electrons. The number of fused-ring (bicyclic) bond motifs is 2. The van der Waals surface area contributed by atoms with E-state index in [1.807, 2.05) is 0 Å². The van der Waals surface area contributed by atoms with Gasteiger partial charge in [0.2, 0.25) is 0 Å². The van der Waals surface area contributed by atoms with Gasteiger partial charge in [0.25, 0.3) is 0 Å². The van der Waals surface area contributed by atoms with E-state index in [1.54, 1.807) is 22.5 Å². The highest BCUT2D eigenvalue weighted by Gasteiger charge is 2.44. The lowest BCUT2D eigenvalue weighted by atomic mass is 9.67. The first-order chi connectivity index (χ1) is 9.93. The van der Waals surface area contributed by atoms with Crippen molar-refractivity contribution in [3.63, 3.8) is 0 Å². The molecule has 1 aliphatic carbocycles. The zero-order valence-electron chi connectivity index (χ0n) is 12.3. The standard InChI is InChI=1S/C18H24N2/c1-5-13-14-6-3-11-20-12-4-8-16(18(14)20)15-7-2-10-19(9-1)17(13)15/h1,5,15-16H,2-4,6-12H2. The van der Waals surface area contributed by atoms with Crippen LogP contribution in [0.1, 0.15) is 38.5 Å². The summed E-state index contributed by atoms with van der Waals surface area (Å²) < 4.78 is 0. The summed E-state index contributed by atoms with van der Waals surface area (Å²) >= 11 is 0. The van der Waals surface area contributed by atoms with Gasteiger partial charge in [-0.05, 0) is 49.7 Å². The van der Waals surface area contributed by atoms with Crippen molar-refractivity contribution in [2.45, 2.75) is 38.5 Å². The van der Waals surface area contributed by atoms with Gasteiger partial charge < -0.3 is 9.80 Å². The Morgan fingerprint density at radius 2 is 1.60 bits per heavy atom. The molecular formula is C18H24N2. The number of nitrogens with zero attached hydrogens (tertiary/aromatic N) is 2. The van der Waals surface area contributed by atoms with Crippen molar-refractivity contribution in [3.05, 3.63) is 34.7 Å². The molecule has 0 N–H and O–H groups in total. The highest BCUT2D eigenvalue weighted by Crippen LogP contribution is 2.52. The summed E-state index contributed by atoms with van der Waals surface area (Å²) in [5, 5.41) is 0. The van der Waals surface area contributed by atoms with E-state index in [9.17, 15) is 0 Å². The molecule has 2 fully saturated rings. The van der Waals surface area contributed by atoms with Gasteiger partial charge >= 0.3 is 0 Å². The summed E-state index contributed by atoms with van der Waals surface area (Å²) in [5.41, 5.74) is 6.89. The van der Waals surface area contributed by atoms with Gasteiger partial charge in [0.1, 0.15) is 0 Å². The molecule has 5 aliphatic rings. The summed E-state index contributed by atoms with van der Waals surface area (Å²) in [6, 6.07) is 0. The Labute approximate surface area is 121 Å². The van der Waals surface area contributed by atoms with E-state index in [0.29, 0.717) is 0 Å². The molecule has 20 heavy (non-hydrogen) atoms. The van der Waals surface area contributed by atoms with Crippen LogP contribution in [0, 0.1) is 11.8 Å². The second kappa shape index (κ2) is 4.16. The van der Waals surface area contributed by atoms with Crippen LogP contribution in [-0.2, 0) is 0 Å². The molecule has 2 nitrogen and oxygen atoms in total. The second-order valence-corrected chi connectivity index (χ2v) is 7.10. The Morgan fingerprint density at radius 3 is 2.50 bits per heavy atom. The molecule has 2 saturated heterocycles. The van der Waals surface area contributed by atoms with Crippen LogP contribution in [-0.4, -0.2) is 36.0 Å². The Hall–Kier alpha value is -1.18. The second-order valence-electron chi connectivity index (χ2n) is 7.10. The Kier molecular flexibility index (Phi) is 2.39. The maximum absolute atomic E-state index is 2.75. The molecule has 4 heterocycles. The lowest BCUT2D eigenvalue weighted by molar-refractivity contribution is 0.139. The normalized spacial score (nSPS) is 35.2. The Morgan fingerprint density at radius 1 is 0.850 bits per heavy atom. The summed E-state index contributed by atoms with van der Waals surface area (Å²) in [5.74, 6) is 1.69. The maximum Gasteiger partial charge on any atom is 0.0360 e. The highest BCUT2D eigenvalue weighted by molar-refractivity contribution is 5.53. The molecule has 0 spiro atoms. The van der Waals surface area contributed by atoms with Gasteiger partial charge in [0.15, 0.2) is 0 Å². The third-order valence-corrected chi connectivity index (χ3v) is 6.13. The average Bonchev–Trinajstić information content (AvgIpc) is 2.52. The molecule has 0 amide bonds. The number of hydrogen-bond acceptors (Lipinski definition) is 2. The summed E-state index contributed by atoms with van der Waals surface area (Å²) in [6.45, 7) is 5.09. The van der Waals surface area contributed by atoms with E-state index in [-0.39, 0.29) is 0 Å². The number of hydrogen-bond donors (Lipinski definition) is 0. The minimum atomic E-state index is 0.836. The smallest absolute Gasteiger partial charge is 0.0360 e. The van der Waals surface area contributed by atoms with Crippen LogP contribution in [0.15, 0.2) is 34.7 Å². The summed E-state index contributed by atoms with van der Waals surface area (Å²) in [4.78, 5) is 5.44. The largest absolute Gasteiger partial charge is 0.374 e. The molecule has 0 aromatic heterocycles. The predicted molar refractivity (Wildman–Crippen MR) is 81.0 cm³/mol. The van der Waals surface area contributed by atoms with Crippen LogP contribution >= 0.6 is 0 Å². The zero-order valence-corrected chi connectivity index (χ0v) is 12.3. The van der Waals surface area contributed by atoms with Crippen LogP contribution in [0.25, 0.3) is 0 Å². The van der Waals surface area contributed by atoms with Gasteiger partial charge in [-0.1, -0.05) is 12.2 Å². The molecule has 0 bridgehead atoms. The minimum Gasteiger partial charge on any atom is -0.374 e. The van der Waals surface area contributed by atoms with Crippen molar-refractivity contribution in [3.8, 4) is 0 Å². The average molecular weight is 268 g/mol. The van der Waals surface area contributed by atoms with E-state index in [4.69, 9.17) is 0 Å². The van der Waals surface area contributed by atoms with Gasteiger partial charge in [0, 0.05) is 49.4 Å². The van der Waals surface area contributed by atoms with Crippen LogP contribution in [0.2, 0.25) is 0 Å². The van der Waals surface area contributed by atoms with Crippen molar-refractivity contribution in [1.82, 2.24) is 9.80 Å². The zero-order chi connectivity index (χ0) is 13.1. The molecular weight excluding hydrogens is 244 g/mol. The molecule has 106 valence electrons. The van der Waals surface area contributed by atoms with Gasteiger partial charge in [-0.15, -0.1) is 0 Å². The lowest BCUT2D eigenvalue weighted by Gasteiger charge is -2.53. The first-order valence-corrected chi connectivity index (χ1v) is 8.57. The summed E-state index contributed by atoms with van der Waals surface area (Å²) in [7, 11) is 0. The summed E-state index contributed by atoms with van der Waals surface area (Å²) in [6.07, 6.45) is 13.2. The van der Waals surface area contributed by atoms with E-state index in [0.717, 1.165) is 18.4 Å². The van der Waals surface area contributed by atoms with E-state index in [1.165, 1.54) is 58.2 Å². The fraction of sp³-hybridized carbons (Fsp3) is 0.667. The van der Waals surface area contributed by atoms with Gasteiger partial charge in [-0.2, -0.15) is 0 Å². The third-order valence-electron chi connectivity index (χ3n) is 6.13. The first-order valence-electron chi connectivity index (χ1n) is 8.57. The molecule has 2 heteroatoms. The fourth-order valence-corrected chi connectivity index (χ4v) is 5.46. The quantitative estimate of drug-likeness (QED) is 0.665. The minimum absolute atomic E-state index is 0.836. The van der Waals surface area contributed by atoms with Crippen molar-refractivity contribution >= 4 is 0 Å². The van der Waals surface area contributed by atoms with Gasteiger partial charge in [0.05, 0.1) is 0 Å². The third kappa shape index (κ3) is 1.40. The lowest BCUT2D eigenvalue weighted by Crippen LogP contribution is -2.48. The first kappa shape index (κ1) is 11.5. The van der Waals surface area contributed by atoms with E-state index < -0.39 is 0 Å². The Balaban J connectivity index is 1.72. The van der Waals surface area contributed by atoms with Crippen LogP contribution in [0.3, 0.4) is 0 Å². The van der Waals surface area contributed by atoms with Crippen molar-refractivity contribution in [1.29, 1.82) is 0 Å².